The molecule has 6 heteroatoms. The Morgan fingerprint density at radius 1 is 0.969 bits per heavy atom. The zero-order chi connectivity index (χ0) is 22.3. The minimum Gasteiger partial charge on any atom is -0.494 e. The minimum absolute atomic E-state index is 0.208. The van der Waals surface area contributed by atoms with Crippen molar-refractivity contribution in [2.75, 3.05) is 6.61 Å². The number of benzene rings is 3. The predicted molar refractivity (Wildman–Crippen MR) is 131 cm³/mol. The minimum atomic E-state index is -0.749. The number of aliphatic carboxylic acids is 1. The zero-order valence-corrected chi connectivity index (χ0v) is 18.7. The molecule has 4 aromatic rings. The van der Waals surface area contributed by atoms with Gasteiger partial charge in [-0.2, -0.15) is 12.6 Å². The van der Waals surface area contributed by atoms with Crippen LogP contribution in [0.4, 0.5) is 0 Å². The van der Waals surface area contributed by atoms with Gasteiger partial charge in [0.25, 0.3) is 0 Å². The lowest BCUT2D eigenvalue weighted by Crippen LogP contribution is -2.00. The molecule has 5 nitrogen and oxygen atoms in total. The summed E-state index contributed by atoms with van der Waals surface area (Å²) in [7, 11) is 0. The van der Waals surface area contributed by atoms with Gasteiger partial charge in [0.15, 0.2) is 0 Å². The summed E-state index contributed by atoms with van der Waals surface area (Å²) in [4.78, 5) is 15.5. The van der Waals surface area contributed by atoms with Gasteiger partial charge in [-0.25, -0.2) is 4.98 Å². The molecule has 0 amide bonds. The lowest BCUT2D eigenvalue weighted by molar-refractivity contribution is -0.137. The van der Waals surface area contributed by atoms with Gasteiger partial charge >= 0.3 is 5.97 Å². The summed E-state index contributed by atoms with van der Waals surface area (Å²) in [5.74, 6) is 1.61. The Labute approximate surface area is 193 Å². The van der Waals surface area contributed by atoms with Crippen molar-refractivity contribution in [3.63, 3.8) is 0 Å². The Morgan fingerprint density at radius 2 is 1.75 bits per heavy atom. The number of rotatable bonds is 10. The number of carboxylic acids is 1. The molecule has 1 N–H and O–H groups in total. The third-order valence-corrected chi connectivity index (χ3v) is 5.70. The highest BCUT2D eigenvalue weighted by Gasteiger charge is 2.15. The van der Waals surface area contributed by atoms with Gasteiger partial charge in [-0.3, -0.25) is 9.36 Å². The molecule has 0 unspecified atom stereocenters. The molecule has 0 radical (unpaired) electrons. The average molecular weight is 447 g/mol. The fourth-order valence-corrected chi connectivity index (χ4v) is 3.89. The van der Waals surface area contributed by atoms with E-state index in [2.05, 4.69) is 53.6 Å². The van der Waals surface area contributed by atoms with Crippen molar-refractivity contribution in [3.05, 3.63) is 78.4 Å². The number of aromatic nitrogens is 2. The molecule has 1 heterocycles. The van der Waals surface area contributed by atoms with E-state index in [1.807, 2.05) is 36.4 Å². The lowest BCUT2D eigenvalue weighted by atomic mass is 10.2. The highest BCUT2D eigenvalue weighted by molar-refractivity contribution is 7.79. The molecular weight excluding hydrogens is 420 g/mol. The van der Waals surface area contributed by atoms with Crippen molar-refractivity contribution in [2.24, 2.45) is 0 Å². The van der Waals surface area contributed by atoms with E-state index in [0.29, 0.717) is 18.8 Å². The first-order chi connectivity index (χ1) is 15.7. The van der Waals surface area contributed by atoms with Crippen LogP contribution in [0.1, 0.15) is 31.2 Å². The molecule has 0 aliphatic carbocycles. The number of carbonyl (C=O) groups is 1. The molecule has 4 rings (SSSR count). The topological polar surface area (TPSA) is 64.3 Å². The van der Waals surface area contributed by atoms with E-state index in [9.17, 15) is 4.79 Å². The molecule has 0 bridgehead atoms. The van der Waals surface area contributed by atoms with Gasteiger partial charge < -0.3 is 9.84 Å². The Morgan fingerprint density at radius 3 is 2.47 bits per heavy atom. The quantitative estimate of drug-likeness (QED) is 0.227. The van der Waals surface area contributed by atoms with E-state index in [1.54, 1.807) is 0 Å². The fraction of sp³-hybridized carbons (Fsp3) is 0.231. The molecular formula is C26H26N2O3S. The molecule has 0 atom stereocenters. The van der Waals surface area contributed by atoms with E-state index >= 15 is 0 Å². The molecule has 0 aliphatic heterocycles. The van der Waals surface area contributed by atoms with Crippen molar-refractivity contribution in [3.8, 4) is 22.8 Å². The number of hydrogen-bond acceptors (Lipinski definition) is 4. The number of carboxylic acid groups (broad SMARTS) is 1. The maximum absolute atomic E-state index is 10.6. The lowest BCUT2D eigenvalue weighted by Gasteiger charge is -2.11. The van der Waals surface area contributed by atoms with E-state index in [4.69, 9.17) is 14.8 Å². The molecule has 32 heavy (non-hydrogen) atoms. The molecule has 1 aromatic heterocycles. The monoisotopic (exact) mass is 446 g/mol. The molecule has 0 saturated carbocycles. The number of nitrogens with zero attached hydrogens (tertiary/aromatic N) is 2. The molecule has 0 saturated heterocycles. The summed E-state index contributed by atoms with van der Waals surface area (Å²) in [6, 6.07) is 24.5. The Bertz CT molecular complexity index is 1190. The second-order valence-electron chi connectivity index (χ2n) is 7.66. The van der Waals surface area contributed by atoms with Crippen LogP contribution in [-0.2, 0) is 10.5 Å². The van der Waals surface area contributed by atoms with Gasteiger partial charge in [-0.05, 0) is 49.1 Å². The number of ether oxygens (including phenoxy) is 1. The molecule has 3 aromatic carbocycles. The Kier molecular flexibility index (Phi) is 7.12. The van der Waals surface area contributed by atoms with Crippen molar-refractivity contribution in [2.45, 2.75) is 31.4 Å². The number of thiol groups is 1. The van der Waals surface area contributed by atoms with Crippen LogP contribution in [0.15, 0.2) is 72.8 Å². The van der Waals surface area contributed by atoms with Crippen molar-refractivity contribution in [1.82, 2.24) is 9.55 Å². The van der Waals surface area contributed by atoms with Crippen LogP contribution in [0, 0.1) is 0 Å². The summed E-state index contributed by atoms with van der Waals surface area (Å²) in [5, 5.41) is 8.74. The Hall–Kier alpha value is -3.25. The van der Waals surface area contributed by atoms with Crippen LogP contribution in [0.5, 0.6) is 5.75 Å². The fourth-order valence-electron chi connectivity index (χ4n) is 3.68. The first-order valence-electron chi connectivity index (χ1n) is 10.8. The van der Waals surface area contributed by atoms with Gasteiger partial charge in [-0.15, -0.1) is 0 Å². The van der Waals surface area contributed by atoms with Gasteiger partial charge in [0.1, 0.15) is 11.6 Å². The van der Waals surface area contributed by atoms with Crippen LogP contribution >= 0.6 is 12.6 Å². The van der Waals surface area contributed by atoms with Gasteiger partial charge in [0.05, 0.1) is 17.6 Å². The SMILES string of the molecule is O=C(O)CCCCCOc1ccc2nc(-c3ccccc3)n(-c3ccc(CS)cc3)c2c1. The van der Waals surface area contributed by atoms with Crippen LogP contribution < -0.4 is 4.74 Å². The van der Waals surface area contributed by atoms with E-state index in [-0.39, 0.29) is 6.42 Å². The van der Waals surface area contributed by atoms with Gasteiger partial charge in [-0.1, -0.05) is 42.5 Å². The second-order valence-corrected chi connectivity index (χ2v) is 7.98. The Balaban J connectivity index is 1.64. The van der Waals surface area contributed by atoms with E-state index < -0.39 is 5.97 Å². The normalized spacial score (nSPS) is 11.0. The molecule has 0 aliphatic rings. The second kappa shape index (κ2) is 10.4. The largest absolute Gasteiger partial charge is 0.494 e. The summed E-state index contributed by atoms with van der Waals surface area (Å²) in [5.41, 5.74) is 5.11. The van der Waals surface area contributed by atoms with Crippen LogP contribution in [0.2, 0.25) is 0 Å². The standard InChI is InChI=1S/C26H26N2O3S/c29-25(30)9-5-2-6-16-31-22-14-15-23-24(17-22)28(21-12-10-19(18-32)11-13-21)26(27-23)20-7-3-1-4-8-20/h1,3-4,7-8,10-15,17,32H,2,5-6,9,16,18H2,(H,29,30). The number of fused-ring (bicyclic) bond motifs is 1. The molecule has 0 fully saturated rings. The van der Waals surface area contributed by atoms with E-state index in [0.717, 1.165) is 52.3 Å². The molecule has 0 spiro atoms. The maximum Gasteiger partial charge on any atom is 0.303 e. The maximum atomic E-state index is 10.6. The van der Waals surface area contributed by atoms with Crippen molar-refractivity contribution in [1.29, 1.82) is 0 Å². The highest BCUT2D eigenvalue weighted by Crippen LogP contribution is 2.31. The molecule has 164 valence electrons. The first kappa shape index (κ1) is 22.0. The highest BCUT2D eigenvalue weighted by atomic mass is 32.1. The number of unbranched alkanes of at least 4 members (excludes halogenated alkanes) is 2. The summed E-state index contributed by atoms with van der Waals surface area (Å²) >= 11 is 4.37. The third-order valence-electron chi connectivity index (χ3n) is 5.34. The summed E-state index contributed by atoms with van der Waals surface area (Å²) in [6.45, 7) is 0.557. The smallest absolute Gasteiger partial charge is 0.303 e. The third kappa shape index (κ3) is 5.14. The average Bonchev–Trinajstić information content (AvgIpc) is 3.20. The summed E-state index contributed by atoms with van der Waals surface area (Å²) < 4.78 is 8.12. The van der Waals surface area contributed by atoms with Crippen molar-refractivity contribution >= 4 is 29.6 Å². The predicted octanol–water partition coefficient (Wildman–Crippen LogP) is 6.15. The van der Waals surface area contributed by atoms with Crippen LogP contribution in [0.25, 0.3) is 28.1 Å². The zero-order valence-electron chi connectivity index (χ0n) is 17.8. The van der Waals surface area contributed by atoms with Crippen LogP contribution in [-0.4, -0.2) is 27.2 Å². The summed E-state index contributed by atoms with van der Waals surface area (Å²) in [6.07, 6.45) is 2.54. The number of imidazole rings is 1. The number of hydrogen-bond donors (Lipinski definition) is 2. The first-order valence-corrected chi connectivity index (χ1v) is 11.4. The van der Waals surface area contributed by atoms with Crippen molar-refractivity contribution < 1.29 is 14.6 Å². The van der Waals surface area contributed by atoms with E-state index in [1.165, 1.54) is 0 Å². The van der Waals surface area contributed by atoms with Gasteiger partial charge in [0, 0.05) is 29.5 Å². The van der Waals surface area contributed by atoms with Gasteiger partial charge in [0.2, 0.25) is 0 Å². The van der Waals surface area contributed by atoms with Crippen LogP contribution in [0.3, 0.4) is 0 Å².